The fourth-order valence-electron chi connectivity index (χ4n) is 2.34. The van der Waals surface area contributed by atoms with Gasteiger partial charge < -0.3 is 5.11 Å². The standard InChI is InChI=1S/C15H14N2O2/c1-2-10-7-8-16-13(9-10)17-14(18)11-5-3-4-6-12(11)15(17)19/h3-9,14,18H,2H2,1H3. The lowest BCUT2D eigenvalue weighted by Gasteiger charge is -2.20. The summed E-state index contributed by atoms with van der Waals surface area (Å²) < 4.78 is 0. The quantitative estimate of drug-likeness (QED) is 0.894. The summed E-state index contributed by atoms with van der Waals surface area (Å²) >= 11 is 0. The van der Waals surface area contributed by atoms with Gasteiger partial charge in [-0.05, 0) is 30.2 Å². The van der Waals surface area contributed by atoms with Crippen molar-refractivity contribution >= 4 is 11.7 Å². The van der Waals surface area contributed by atoms with Crippen molar-refractivity contribution in [3.05, 3.63) is 59.3 Å². The van der Waals surface area contributed by atoms with Gasteiger partial charge in [-0.3, -0.25) is 9.69 Å². The van der Waals surface area contributed by atoms with Crippen LogP contribution in [0.4, 0.5) is 5.82 Å². The maximum atomic E-state index is 12.3. The molecule has 0 aliphatic carbocycles. The van der Waals surface area contributed by atoms with E-state index in [0.717, 1.165) is 12.0 Å². The third-order valence-corrected chi connectivity index (χ3v) is 3.40. The van der Waals surface area contributed by atoms with Crippen LogP contribution in [0.25, 0.3) is 0 Å². The molecule has 19 heavy (non-hydrogen) atoms. The number of aliphatic hydroxyl groups excluding tert-OH is 1. The average molecular weight is 254 g/mol. The monoisotopic (exact) mass is 254 g/mol. The van der Waals surface area contributed by atoms with Crippen molar-refractivity contribution < 1.29 is 9.90 Å². The third-order valence-electron chi connectivity index (χ3n) is 3.40. The van der Waals surface area contributed by atoms with Crippen LogP contribution in [0.3, 0.4) is 0 Å². The SMILES string of the molecule is CCc1ccnc(N2C(=O)c3ccccc3C2O)c1. The van der Waals surface area contributed by atoms with Crippen LogP contribution in [0.15, 0.2) is 42.6 Å². The molecule has 1 aliphatic heterocycles. The highest BCUT2D eigenvalue weighted by atomic mass is 16.3. The molecule has 4 heteroatoms. The molecule has 0 bridgehead atoms. The molecule has 2 aromatic rings. The second kappa shape index (κ2) is 4.48. The molecule has 4 nitrogen and oxygen atoms in total. The number of aliphatic hydroxyl groups is 1. The number of pyridine rings is 1. The molecule has 1 N–H and O–H groups in total. The molecule has 0 fully saturated rings. The Hall–Kier alpha value is -2.20. The Kier molecular flexibility index (Phi) is 2.80. The van der Waals surface area contributed by atoms with Crippen molar-refractivity contribution in [2.45, 2.75) is 19.6 Å². The van der Waals surface area contributed by atoms with Gasteiger partial charge in [0, 0.05) is 17.3 Å². The van der Waals surface area contributed by atoms with E-state index in [1.807, 2.05) is 25.1 Å². The zero-order valence-corrected chi connectivity index (χ0v) is 10.6. The van der Waals surface area contributed by atoms with Crippen LogP contribution in [0.5, 0.6) is 0 Å². The van der Waals surface area contributed by atoms with Crippen LogP contribution in [-0.4, -0.2) is 16.0 Å². The first-order valence-electron chi connectivity index (χ1n) is 6.28. The van der Waals surface area contributed by atoms with Gasteiger partial charge in [0.05, 0.1) is 0 Å². The lowest BCUT2D eigenvalue weighted by Crippen LogP contribution is -2.28. The number of hydrogen-bond donors (Lipinski definition) is 1. The molecule has 96 valence electrons. The number of amides is 1. The van der Waals surface area contributed by atoms with Crippen molar-refractivity contribution in [2.24, 2.45) is 0 Å². The van der Waals surface area contributed by atoms with Crippen molar-refractivity contribution in [3.8, 4) is 0 Å². The minimum atomic E-state index is -0.955. The zero-order valence-electron chi connectivity index (χ0n) is 10.6. The Balaban J connectivity index is 2.06. The molecule has 1 aromatic carbocycles. The number of carbonyl (C=O) groups is 1. The highest BCUT2D eigenvalue weighted by Crippen LogP contribution is 2.34. The van der Waals surface area contributed by atoms with E-state index in [4.69, 9.17) is 0 Å². The Labute approximate surface area is 111 Å². The Morgan fingerprint density at radius 2 is 2.11 bits per heavy atom. The van der Waals surface area contributed by atoms with Gasteiger partial charge in [0.25, 0.3) is 5.91 Å². The number of aromatic nitrogens is 1. The fraction of sp³-hybridized carbons (Fsp3) is 0.200. The number of benzene rings is 1. The van der Waals surface area contributed by atoms with Crippen LogP contribution in [0, 0.1) is 0 Å². The topological polar surface area (TPSA) is 53.4 Å². The summed E-state index contributed by atoms with van der Waals surface area (Å²) in [6.45, 7) is 2.04. The number of rotatable bonds is 2. The molecule has 0 spiro atoms. The van der Waals surface area contributed by atoms with E-state index in [-0.39, 0.29) is 5.91 Å². The molecule has 0 saturated carbocycles. The maximum absolute atomic E-state index is 12.3. The molecule has 1 atom stereocenters. The van der Waals surface area contributed by atoms with Crippen LogP contribution in [0.1, 0.15) is 34.6 Å². The molecule has 3 rings (SSSR count). The number of aryl methyl sites for hydroxylation is 1. The lowest BCUT2D eigenvalue weighted by molar-refractivity contribution is 0.0933. The van der Waals surface area contributed by atoms with Gasteiger partial charge >= 0.3 is 0 Å². The van der Waals surface area contributed by atoms with Crippen LogP contribution in [-0.2, 0) is 6.42 Å². The minimum Gasteiger partial charge on any atom is -0.369 e. The summed E-state index contributed by atoms with van der Waals surface area (Å²) in [6.07, 6.45) is 1.57. The first-order valence-corrected chi connectivity index (χ1v) is 6.28. The van der Waals surface area contributed by atoms with E-state index in [2.05, 4.69) is 4.98 Å². The van der Waals surface area contributed by atoms with Crippen LogP contribution < -0.4 is 4.90 Å². The Bertz CT molecular complexity index is 640. The van der Waals surface area contributed by atoms with Crippen molar-refractivity contribution in [1.29, 1.82) is 0 Å². The molecule has 1 aromatic heterocycles. The molecule has 0 radical (unpaired) electrons. The summed E-state index contributed by atoms with van der Waals surface area (Å²) in [5.41, 5.74) is 2.26. The molecule has 1 amide bonds. The summed E-state index contributed by atoms with van der Waals surface area (Å²) in [7, 11) is 0. The van der Waals surface area contributed by atoms with Crippen LogP contribution >= 0.6 is 0 Å². The fourth-order valence-corrected chi connectivity index (χ4v) is 2.34. The largest absolute Gasteiger partial charge is 0.369 e. The normalized spacial score (nSPS) is 17.7. The van der Waals surface area contributed by atoms with Gasteiger partial charge in [0.2, 0.25) is 0 Å². The van der Waals surface area contributed by atoms with Gasteiger partial charge in [-0.25, -0.2) is 4.98 Å². The first-order chi connectivity index (χ1) is 9.22. The molecule has 1 aliphatic rings. The number of carbonyl (C=O) groups excluding carboxylic acids is 1. The lowest BCUT2D eigenvalue weighted by atomic mass is 10.1. The van der Waals surface area contributed by atoms with Gasteiger partial charge in [0.15, 0.2) is 6.23 Å². The third kappa shape index (κ3) is 1.81. The average Bonchev–Trinajstić information content (AvgIpc) is 2.72. The summed E-state index contributed by atoms with van der Waals surface area (Å²) in [5.74, 6) is 0.289. The number of anilines is 1. The van der Waals surface area contributed by atoms with E-state index < -0.39 is 6.23 Å². The number of hydrogen-bond acceptors (Lipinski definition) is 3. The second-order valence-electron chi connectivity index (χ2n) is 4.51. The molecule has 0 saturated heterocycles. The van der Waals surface area contributed by atoms with Gasteiger partial charge in [-0.2, -0.15) is 0 Å². The molecular formula is C15H14N2O2. The van der Waals surface area contributed by atoms with E-state index in [1.165, 1.54) is 4.90 Å². The van der Waals surface area contributed by atoms with E-state index in [0.29, 0.717) is 16.9 Å². The Morgan fingerprint density at radius 1 is 1.32 bits per heavy atom. The zero-order chi connectivity index (χ0) is 13.4. The maximum Gasteiger partial charge on any atom is 0.262 e. The van der Waals surface area contributed by atoms with Crippen molar-refractivity contribution in [1.82, 2.24) is 4.98 Å². The van der Waals surface area contributed by atoms with E-state index in [1.54, 1.807) is 24.4 Å². The van der Waals surface area contributed by atoms with E-state index in [9.17, 15) is 9.90 Å². The highest BCUT2D eigenvalue weighted by Gasteiger charge is 2.36. The molecule has 1 unspecified atom stereocenters. The minimum absolute atomic E-state index is 0.205. The summed E-state index contributed by atoms with van der Waals surface area (Å²) in [5, 5.41) is 10.3. The predicted molar refractivity (Wildman–Crippen MR) is 71.8 cm³/mol. The second-order valence-corrected chi connectivity index (χ2v) is 4.51. The highest BCUT2D eigenvalue weighted by molar-refractivity contribution is 6.10. The van der Waals surface area contributed by atoms with Crippen molar-refractivity contribution in [2.75, 3.05) is 4.90 Å². The predicted octanol–water partition coefficient (Wildman–Crippen LogP) is 2.30. The molecule has 2 heterocycles. The Morgan fingerprint density at radius 3 is 2.84 bits per heavy atom. The van der Waals surface area contributed by atoms with Gasteiger partial charge in [-0.1, -0.05) is 25.1 Å². The smallest absolute Gasteiger partial charge is 0.262 e. The van der Waals surface area contributed by atoms with E-state index >= 15 is 0 Å². The van der Waals surface area contributed by atoms with Gasteiger partial charge in [-0.15, -0.1) is 0 Å². The van der Waals surface area contributed by atoms with Crippen molar-refractivity contribution in [3.63, 3.8) is 0 Å². The number of fused-ring (bicyclic) bond motifs is 1. The van der Waals surface area contributed by atoms with Gasteiger partial charge in [0.1, 0.15) is 5.82 Å². The number of nitrogens with zero attached hydrogens (tertiary/aromatic N) is 2. The summed E-state index contributed by atoms with van der Waals surface area (Å²) in [4.78, 5) is 17.9. The van der Waals surface area contributed by atoms with Crippen LogP contribution in [0.2, 0.25) is 0 Å². The molecular weight excluding hydrogens is 240 g/mol. The first kappa shape index (κ1) is 11.9. The summed E-state index contributed by atoms with van der Waals surface area (Å²) in [6, 6.07) is 10.8.